The summed E-state index contributed by atoms with van der Waals surface area (Å²) in [5, 5.41) is 4.00. The highest BCUT2D eigenvalue weighted by atomic mass is 16.1. The van der Waals surface area contributed by atoms with Gasteiger partial charge in [0.2, 0.25) is 17.8 Å². The van der Waals surface area contributed by atoms with E-state index in [4.69, 9.17) is 0 Å². The molecule has 136 valence electrons. The van der Waals surface area contributed by atoms with Gasteiger partial charge in [-0.3, -0.25) is 4.79 Å². The number of anilines is 2. The van der Waals surface area contributed by atoms with Crippen molar-refractivity contribution in [2.45, 2.75) is 13.1 Å². The summed E-state index contributed by atoms with van der Waals surface area (Å²) in [6.45, 7) is 0.502. The van der Waals surface area contributed by atoms with Crippen LogP contribution in [0, 0.1) is 0 Å². The number of aromatic nitrogens is 4. The van der Waals surface area contributed by atoms with Crippen LogP contribution in [0.2, 0.25) is 0 Å². The Hall–Kier alpha value is -3.16. The lowest BCUT2D eigenvalue weighted by Gasteiger charge is -2.16. The molecule has 0 aliphatic carbocycles. The Balaban J connectivity index is 1.69. The number of hydrogen-bond acceptors (Lipinski definition) is 6. The summed E-state index contributed by atoms with van der Waals surface area (Å²) in [6, 6.07) is 9.98. The van der Waals surface area contributed by atoms with Crippen molar-refractivity contribution in [3.8, 4) is 0 Å². The molecule has 1 amide bonds. The minimum Gasteiger partial charge on any atom is -0.347 e. The number of carbonyl (C=O) groups is 1. The van der Waals surface area contributed by atoms with E-state index in [-0.39, 0.29) is 19.0 Å². The Labute approximate surface area is 152 Å². The molecule has 0 aliphatic heterocycles. The number of hydrogen-bond donors (Lipinski definition) is 1. The molecular weight excluding hydrogens is 330 g/mol. The van der Waals surface area contributed by atoms with Crippen LogP contribution < -0.4 is 15.1 Å². The fourth-order valence-electron chi connectivity index (χ4n) is 2.54. The van der Waals surface area contributed by atoms with E-state index in [0.717, 1.165) is 10.9 Å². The molecule has 3 rings (SSSR count). The van der Waals surface area contributed by atoms with Gasteiger partial charge in [0.15, 0.2) is 5.82 Å². The third kappa shape index (κ3) is 3.90. The van der Waals surface area contributed by atoms with Crippen LogP contribution in [0.15, 0.2) is 36.5 Å². The molecule has 8 nitrogen and oxygen atoms in total. The number of carbonyl (C=O) groups excluding carboxylic acids is 1. The van der Waals surface area contributed by atoms with Gasteiger partial charge in [-0.15, -0.1) is 0 Å². The number of fused-ring (bicyclic) bond motifs is 1. The molecule has 2 heterocycles. The van der Waals surface area contributed by atoms with Crippen LogP contribution >= 0.6 is 0 Å². The molecule has 0 saturated heterocycles. The van der Waals surface area contributed by atoms with E-state index < -0.39 is 0 Å². The Kier molecular flexibility index (Phi) is 5.01. The Morgan fingerprint density at radius 3 is 2.31 bits per heavy atom. The second-order valence-electron chi connectivity index (χ2n) is 6.42. The molecule has 8 heteroatoms. The van der Waals surface area contributed by atoms with Crippen LogP contribution in [0.3, 0.4) is 0 Å². The molecule has 0 radical (unpaired) electrons. The van der Waals surface area contributed by atoms with E-state index in [2.05, 4.69) is 20.3 Å². The Morgan fingerprint density at radius 2 is 1.65 bits per heavy atom. The number of benzene rings is 1. The summed E-state index contributed by atoms with van der Waals surface area (Å²) in [5.41, 5.74) is 1.03. The van der Waals surface area contributed by atoms with Crippen molar-refractivity contribution in [3.05, 3.63) is 42.4 Å². The second kappa shape index (κ2) is 7.38. The maximum atomic E-state index is 12.3. The number of amides is 1. The SMILES string of the molecule is CN(C)c1nc(CNC(=O)Cn2ccc3ccccc32)nc(N(C)C)n1. The maximum absolute atomic E-state index is 12.3. The van der Waals surface area contributed by atoms with Crippen LogP contribution in [-0.4, -0.2) is 53.6 Å². The monoisotopic (exact) mass is 353 g/mol. The van der Waals surface area contributed by atoms with Crippen LogP contribution in [0.5, 0.6) is 0 Å². The predicted octanol–water partition coefficient (Wildman–Crippen LogP) is 1.27. The standard InChI is InChI=1S/C18H23N7O/c1-23(2)17-20-15(21-18(22-17)24(3)4)11-19-16(26)12-25-10-9-13-7-5-6-8-14(13)25/h5-10H,11-12H2,1-4H3,(H,19,26). The minimum atomic E-state index is -0.0930. The van der Waals surface area contributed by atoms with Crippen molar-refractivity contribution in [3.63, 3.8) is 0 Å². The number of nitrogens with one attached hydrogen (secondary N) is 1. The quantitative estimate of drug-likeness (QED) is 0.719. The second-order valence-corrected chi connectivity index (χ2v) is 6.42. The van der Waals surface area contributed by atoms with Crippen molar-refractivity contribution in [1.82, 2.24) is 24.8 Å². The van der Waals surface area contributed by atoms with Gasteiger partial charge in [0.25, 0.3) is 0 Å². The molecule has 0 unspecified atom stereocenters. The zero-order valence-corrected chi connectivity index (χ0v) is 15.5. The highest BCUT2D eigenvalue weighted by Gasteiger charge is 2.11. The zero-order valence-electron chi connectivity index (χ0n) is 15.5. The van der Waals surface area contributed by atoms with E-state index in [1.54, 1.807) is 0 Å². The van der Waals surface area contributed by atoms with Crippen molar-refractivity contribution in [2.24, 2.45) is 0 Å². The lowest BCUT2D eigenvalue weighted by atomic mass is 10.2. The van der Waals surface area contributed by atoms with E-state index in [0.29, 0.717) is 17.7 Å². The van der Waals surface area contributed by atoms with Gasteiger partial charge in [-0.05, 0) is 17.5 Å². The molecule has 0 fully saturated rings. The first-order valence-electron chi connectivity index (χ1n) is 8.34. The van der Waals surface area contributed by atoms with E-state index in [1.165, 1.54) is 0 Å². The third-order valence-electron chi connectivity index (χ3n) is 3.90. The van der Waals surface area contributed by atoms with Crippen LogP contribution in [0.4, 0.5) is 11.9 Å². The van der Waals surface area contributed by atoms with Crippen molar-refractivity contribution in [1.29, 1.82) is 0 Å². The van der Waals surface area contributed by atoms with Gasteiger partial charge in [0.05, 0.1) is 6.54 Å². The van der Waals surface area contributed by atoms with Gasteiger partial charge < -0.3 is 19.7 Å². The number of nitrogens with zero attached hydrogens (tertiary/aromatic N) is 6. The largest absolute Gasteiger partial charge is 0.347 e. The summed E-state index contributed by atoms with van der Waals surface area (Å²) >= 11 is 0. The topological polar surface area (TPSA) is 79.2 Å². The molecule has 0 bridgehead atoms. The summed E-state index contributed by atoms with van der Waals surface area (Å²) in [4.78, 5) is 29.1. The summed E-state index contributed by atoms with van der Waals surface area (Å²) in [5.74, 6) is 1.55. The summed E-state index contributed by atoms with van der Waals surface area (Å²) in [7, 11) is 7.48. The molecule has 0 atom stereocenters. The van der Waals surface area contributed by atoms with Gasteiger partial charge in [0.1, 0.15) is 6.54 Å². The first-order valence-corrected chi connectivity index (χ1v) is 8.34. The molecule has 26 heavy (non-hydrogen) atoms. The fourth-order valence-corrected chi connectivity index (χ4v) is 2.54. The Morgan fingerprint density at radius 1 is 1.00 bits per heavy atom. The van der Waals surface area contributed by atoms with E-state index in [9.17, 15) is 4.79 Å². The van der Waals surface area contributed by atoms with Gasteiger partial charge in [-0.25, -0.2) is 0 Å². The lowest BCUT2D eigenvalue weighted by molar-refractivity contribution is -0.121. The molecule has 2 aromatic heterocycles. The number of rotatable bonds is 6. The van der Waals surface area contributed by atoms with Gasteiger partial charge >= 0.3 is 0 Å². The minimum absolute atomic E-state index is 0.0930. The molecule has 0 saturated carbocycles. The first kappa shape index (κ1) is 17.7. The smallest absolute Gasteiger partial charge is 0.240 e. The van der Waals surface area contributed by atoms with E-state index >= 15 is 0 Å². The molecule has 3 aromatic rings. The Bertz CT molecular complexity index is 891. The van der Waals surface area contributed by atoms with E-state index in [1.807, 2.05) is 79.1 Å². The highest BCUT2D eigenvalue weighted by molar-refractivity contribution is 5.83. The molecule has 0 aliphatic rings. The first-order chi connectivity index (χ1) is 12.4. The zero-order chi connectivity index (χ0) is 18.7. The van der Waals surface area contributed by atoms with Gasteiger partial charge in [-0.1, -0.05) is 18.2 Å². The van der Waals surface area contributed by atoms with Crippen LogP contribution in [0.25, 0.3) is 10.9 Å². The average Bonchev–Trinajstić information content (AvgIpc) is 3.02. The molecule has 1 N–H and O–H groups in total. The summed E-state index contributed by atoms with van der Waals surface area (Å²) in [6.07, 6.45) is 1.92. The van der Waals surface area contributed by atoms with Crippen molar-refractivity contribution >= 4 is 28.7 Å². The predicted molar refractivity (Wildman–Crippen MR) is 102 cm³/mol. The highest BCUT2D eigenvalue weighted by Crippen LogP contribution is 2.15. The van der Waals surface area contributed by atoms with Gasteiger partial charge in [-0.2, -0.15) is 15.0 Å². The maximum Gasteiger partial charge on any atom is 0.240 e. The number of para-hydroxylation sites is 1. The third-order valence-corrected chi connectivity index (χ3v) is 3.90. The van der Waals surface area contributed by atoms with Crippen LogP contribution in [-0.2, 0) is 17.9 Å². The normalized spacial score (nSPS) is 10.8. The molecule has 0 spiro atoms. The van der Waals surface area contributed by atoms with Crippen molar-refractivity contribution in [2.75, 3.05) is 38.0 Å². The summed E-state index contributed by atoms with van der Waals surface area (Å²) < 4.78 is 1.93. The molecule has 1 aromatic carbocycles. The van der Waals surface area contributed by atoms with Gasteiger partial charge in [0, 0.05) is 39.9 Å². The average molecular weight is 353 g/mol. The fraction of sp³-hybridized carbons (Fsp3) is 0.333. The van der Waals surface area contributed by atoms with Crippen LogP contribution in [0.1, 0.15) is 5.82 Å². The lowest BCUT2D eigenvalue weighted by Crippen LogP contribution is -2.29. The van der Waals surface area contributed by atoms with Crippen molar-refractivity contribution < 1.29 is 4.79 Å². The molecular formula is C18H23N7O.